The summed E-state index contributed by atoms with van der Waals surface area (Å²) in [5.74, 6) is -1.05. The highest BCUT2D eigenvalue weighted by Crippen LogP contribution is 2.33. The van der Waals surface area contributed by atoms with Crippen LogP contribution >= 0.6 is 46.4 Å². The van der Waals surface area contributed by atoms with Crippen molar-refractivity contribution in [2.75, 3.05) is 38.4 Å². The average Bonchev–Trinajstić information content (AvgIpc) is 2.49. The molecule has 0 aliphatic carbocycles. The number of carbonyl (C=O) groups is 3. The van der Waals surface area contributed by atoms with E-state index < -0.39 is 52.1 Å². The summed E-state index contributed by atoms with van der Waals surface area (Å²) in [6, 6.07) is 11.0. The molecule has 9 aromatic rings. The fraction of sp³-hybridized carbons (Fsp3) is 0.316. The van der Waals surface area contributed by atoms with E-state index in [1.54, 1.807) is 66.8 Å². The van der Waals surface area contributed by atoms with Crippen molar-refractivity contribution in [3.63, 3.8) is 0 Å². The Morgan fingerprint density at radius 1 is 0.551 bits per heavy atom. The number of hydrogen-bond acceptors (Lipinski definition) is 17. The van der Waals surface area contributed by atoms with Gasteiger partial charge in [0, 0.05) is 105 Å². The van der Waals surface area contributed by atoms with Gasteiger partial charge in [-0.2, -0.15) is 20.4 Å². The van der Waals surface area contributed by atoms with E-state index in [0.717, 1.165) is 35.5 Å². The van der Waals surface area contributed by atoms with Gasteiger partial charge in [0.2, 0.25) is 11.7 Å². The van der Waals surface area contributed by atoms with E-state index in [0.29, 0.717) is 5.56 Å². The number of benzene rings is 3. The van der Waals surface area contributed by atoms with Crippen LogP contribution in [0.1, 0.15) is 90.8 Å². The summed E-state index contributed by atoms with van der Waals surface area (Å²) in [6.07, 6.45) is 17.8. The molecular weight excluding hydrogens is 1300 g/mol. The maximum Gasteiger partial charge on any atom is 0.346 e. The minimum atomic E-state index is -3.59. The van der Waals surface area contributed by atoms with Crippen molar-refractivity contribution < 1.29 is 44.4 Å². The monoisotopic (exact) mass is 1360 g/mol. The number of aromatic nitrogens is 12. The van der Waals surface area contributed by atoms with Gasteiger partial charge in [0.05, 0.1) is 85.3 Å². The first-order chi connectivity index (χ1) is 41.6. The number of ketones is 1. The van der Waals surface area contributed by atoms with Gasteiger partial charge in [-0.3, -0.25) is 42.6 Å². The molecule has 6 aromatic heterocycles. The molecule has 2 N–H and O–H groups in total. The van der Waals surface area contributed by atoms with Crippen LogP contribution in [0, 0.1) is 20.8 Å². The molecular formula is C57H67Cl4N13O12S3. The van der Waals surface area contributed by atoms with Crippen LogP contribution < -0.4 is 15.9 Å². The molecule has 6 heterocycles. The van der Waals surface area contributed by atoms with E-state index in [-0.39, 0.29) is 94.2 Å². The maximum absolute atomic E-state index is 12.8. The van der Waals surface area contributed by atoms with E-state index in [4.69, 9.17) is 51.1 Å². The van der Waals surface area contributed by atoms with Crippen LogP contribution in [-0.4, -0.2) is 144 Å². The second-order valence-electron chi connectivity index (χ2n) is 20.0. The summed E-state index contributed by atoms with van der Waals surface area (Å²) in [7, 11) is -5.86. The van der Waals surface area contributed by atoms with Crippen LogP contribution in [0.25, 0.3) is 0 Å². The van der Waals surface area contributed by atoms with Crippen LogP contribution in [0.2, 0.25) is 15.1 Å². The molecule has 0 amide bonds. The first kappa shape index (κ1) is 72.0. The molecule has 0 saturated heterocycles. The van der Waals surface area contributed by atoms with E-state index in [9.17, 15) is 49.2 Å². The number of rotatable bonds is 17. The lowest BCUT2D eigenvalue weighted by atomic mass is 10.0. The quantitative estimate of drug-likeness (QED) is 0.0505. The van der Waals surface area contributed by atoms with Gasteiger partial charge in [-0.15, -0.1) is 0 Å². The summed E-state index contributed by atoms with van der Waals surface area (Å²) >= 11 is 24.5. The van der Waals surface area contributed by atoms with Crippen LogP contribution in [0.5, 0.6) is 5.88 Å². The molecule has 0 spiro atoms. The molecule has 0 fully saturated rings. The number of nitrogens with zero attached hydrogens (tertiary/aromatic N) is 11. The van der Waals surface area contributed by atoms with Crippen LogP contribution in [0.4, 0.5) is 0 Å². The van der Waals surface area contributed by atoms with Gasteiger partial charge in [-0.05, 0) is 105 Å². The summed E-state index contributed by atoms with van der Waals surface area (Å²) in [4.78, 5) is 61.6. The number of aryl methyl sites for hydroxylation is 6. The standard InChI is InChI=1S/2C17H17ClN4O4S.C13H12Cl2N2O3S.C6H15N.C4H6N2O/c1-10-6-20-22(8-10)9-13-14(27(3,25)26)5-4-11(15(13)18)16(23)12-7-19-21(2)17(12)24;1-11-8-20-22(9-11)10-13-14(27(3,24)25)5-4-12(16(13)18)17(23)26-15-6-7-19-21(15)2;1-8-5-16-17(6-8)7-10-11(21(2,19)20)4-3-9(12(10)14)13(15)18;1-4-7(5-2)6-3;1-6-4(7)2-3-5-6/h4-8,19H,9H2,1-3H3;4-9H,10H2,1-3H3;3-6H,7H2,1-2H3;4-6H2,1-3H3;2-3,5H,1H3. The maximum atomic E-state index is 12.8. The number of aromatic amines is 2. The van der Waals surface area contributed by atoms with E-state index in [2.05, 4.69) is 56.3 Å². The minimum absolute atomic E-state index is 0.000000000000000222. The van der Waals surface area contributed by atoms with Gasteiger partial charge in [-0.25, -0.2) is 34.7 Å². The van der Waals surface area contributed by atoms with Gasteiger partial charge in [0.1, 0.15) is 5.56 Å². The zero-order valence-corrected chi connectivity index (χ0v) is 56.1. The molecule has 9 rings (SSSR count). The summed E-state index contributed by atoms with van der Waals surface area (Å²) < 4.78 is 86.3. The SMILES string of the molecule is CCN(CC)CC.Cc1cnn(Cc2c(S(C)(=O)=O)ccc(C(=O)Cl)c2Cl)c1.Cc1cnn(Cc2c(S(C)(=O)=O)ccc(C(=O)Oc3ccnn3C)c2Cl)c1.Cc1cnn(Cc2c(S(C)(=O)=O)ccc(C(=O)c3c[nH]n(C)c3=O)c2Cl)c1.Cn1[nH]ccc1=O. The lowest BCUT2D eigenvalue weighted by Crippen LogP contribution is -2.21. The van der Waals surface area contributed by atoms with Crippen molar-refractivity contribution >= 4 is 92.9 Å². The second kappa shape index (κ2) is 31.2. The van der Waals surface area contributed by atoms with Gasteiger partial charge in [0.25, 0.3) is 16.4 Å². The Balaban J connectivity index is 0.000000220. The molecule has 0 atom stereocenters. The van der Waals surface area contributed by atoms with Crippen molar-refractivity contribution in [2.45, 2.75) is 75.9 Å². The van der Waals surface area contributed by atoms with Crippen molar-refractivity contribution in [2.24, 2.45) is 21.1 Å². The number of carbonyl (C=O) groups excluding carboxylic acids is 3. The molecule has 89 heavy (non-hydrogen) atoms. The lowest BCUT2D eigenvalue weighted by molar-refractivity contribution is 0.0719. The summed E-state index contributed by atoms with van der Waals surface area (Å²) in [5.41, 5.74) is 3.19. The number of halogens is 4. The van der Waals surface area contributed by atoms with Gasteiger partial charge >= 0.3 is 5.97 Å². The third-order valence-corrected chi connectivity index (χ3v) is 18.1. The molecule has 3 aromatic carbocycles. The predicted molar refractivity (Wildman–Crippen MR) is 339 cm³/mol. The highest BCUT2D eigenvalue weighted by atomic mass is 35.5. The zero-order chi connectivity index (χ0) is 66.5. The normalized spacial score (nSPS) is 11.3. The molecule has 32 heteroatoms. The van der Waals surface area contributed by atoms with Gasteiger partial charge in [-0.1, -0.05) is 55.6 Å². The van der Waals surface area contributed by atoms with Gasteiger partial charge in [0.15, 0.2) is 29.5 Å². The first-order valence-corrected chi connectivity index (χ1v) is 33.9. The third-order valence-electron chi connectivity index (χ3n) is 13.0. The highest BCUT2D eigenvalue weighted by molar-refractivity contribution is 7.91. The molecule has 0 aliphatic heterocycles. The Morgan fingerprint density at radius 2 is 0.955 bits per heavy atom. The number of ether oxygens (including phenoxy) is 1. The Labute approximate surface area is 534 Å². The lowest BCUT2D eigenvalue weighted by Gasteiger charge is -2.14. The smallest absolute Gasteiger partial charge is 0.346 e. The largest absolute Gasteiger partial charge is 0.404 e. The Bertz CT molecular complexity index is 4470. The van der Waals surface area contributed by atoms with Crippen molar-refractivity contribution in [1.82, 2.24) is 63.6 Å². The molecule has 0 aliphatic rings. The first-order valence-electron chi connectivity index (χ1n) is 26.7. The predicted octanol–water partition coefficient (Wildman–Crippen LogP) is 7.54. The van der Waals surface area contributed by atoms with E-state index >= 15 is 0 Å². The molecule has 0 unspecified atom stereocenters. The number of H-pyrrole nitrogens is 2. The van der Waals surface area contributed by atoms with Crippen molar-refractivity contribution in [3.8, 4) is 5.88 Å². The number of hydrogen-bond donors (Lipinski definition) is 2. The van der Waals surface area contributed by atoms with Crippen LogP contribution in [0.3, 0.4) is 0 Å². The average molecular weight is 1360 g/mol. The Hall–Kier alpha value is -7.70. The summed E-state index contributed by atoms with van der Waals surface area (Å²) in [6.45, 7) is 16.0. The molecule has 25 nitrogen and oxygen atoms in total. The molecule has 0 radical (unpaired) electrons. The molecule has 478 valence electrons. The van der Waals surface area contributed by atoms with Crippen LogP contribution in [0.15, 0.2) is 129 Å². The second-order valence-corrected chi connectivity index (χ2v) is 27.4. The number of nitrogens with one attached hydrogen (secondary N) is 2. The third kappa shape index (κ3) is 19.4. The zero-order valence-electron chi connectivity index (χ0n) is 50.6. The number of sulfone groups is 3. The minimum Gasteiger partial charge on any atom is -0.404 e. The fourth-order valence-corrected chi connectivity index (χ4v) is 12.5. The van der Waals surface area contributed by atoms with Crippen molar-refractivity contribution in [3.05, 3.63) is 196 Å². The Morgan fingerprint density at radius 3 is 1.25 bits per heavy atom. The number of esters is 1. The fourth-order valence-electron chi connectivity index (χ4n) is 8.37. The van der Waals surface area contributed by atoms with Crippen LogP contribution in [-0.2, 0) is 70.3 Å². The van der Waals surface area contributed by atoms with E-state index in [1.165, 1.54) is 106 Å². The topological polar surface area (TPSA) is 313 Å². The summed E-state index contributed by atoms with van der Waals surface area (Å²) in [5, 5.41) is 20.9. The molecule has 0 bridgehead atoms. The van der Waals surface area contributed by atoms with E-state index in [1.807, 2.05) is 20.8 Å². The van der Waals surface area contributed by atoms with Gasteiger partial charge < -0.3 is 19.8 Å². The highest BCUT2D eigenvalue weighted by Gasteiger charge is 2.27. The Kier molecular flexibility index (Phi) is 25.2. The molecule has 0 saturated carbocycles. The van der Waals surface area contributed by atoms with Crippen molar-refractivity contribution in [1.29, 1.82) is 0 Å².